The third-order valence-electron chi connectivity index (χ3n) is 5.60. The Balaban J connectivity index is 0.000000360. The lowest BCUT2D eigenvalue weighted by Gasteiger charge is -2.33. The minimum Gasteiger partial charge on any atom is -0.496 e. The maximum Gasteiger partial charge on any atom is 0.490 e. The Labute approximate surface area is 184 Å². The first-order valence-corrected chi connectivity index (χ1v) is 10.4. The van der Waals surface area contributed by atoms with Crippen molar-refractivity contribution in [3.63, 3.8) is 0 Å². The molecular formula is C22H28F3N3O4. The van der Waals surface area contributed by atoms with Crippen LogP contribution in [0.4, 0.5) is 13.2 Å². The number of methoxy groups -OCH3 is 2. The molecule has 7 nitrogen and oxygen atoms in total. The molecule has 1 aliphatic carbocycles. The number of hydrogen-bond donors (Lipinski definition) is 1. The first-order valence-electron chi connectivity index (χ1n) is 10.4. The van der Waals surface area contributed by atoms with Gasteiger partial charge >= 0.3 is 12.1 Å². The lowest BCUT2D eigenvalue weighted by Crippen LogP contribution is -2.35. The van der Waals surface area contributed by atoms with E-state index in [9.17, 15) is 13.2 Å². The van der Waals surface area contributed by atoms with Gasteiger partial charge in [-0.25, -0.2) is 4.79 Å². The Hall–Kier alpha value is -2.59. The molecule has 4 rings (SSSR count). The van der Waals surface area contributed by atoms with Gasteiger partial charge in [-0.05, 0) is 24.8 Å². The molecule has 2 heterocycles. The van der Waals surface area contributed by atoms with E-state index in [0.717, 1.165) is 44.5 Å². The van der Waals surface area contributed by atoms with E-state index in [0.29, 0.717) is 5.92 Å². The van der Waals surface area contributed by atoms with Crippen LogP contribution in [0, 0.1) is 5.92 Å². The van der Waals surface area contributed by atoms with Crippen molar-refractivity contribution in [3.05, 3.63) is 47.3 Å². The second kappa shape index (κ2) is 10.4. The van der Waals surface area contributed by atoms with Crippen LogP contribution in [0.5, 0.6) is 5.75 Å². The summed E-state index contributed by atoms with van der Waals surface area (Å²) in [4.78, 5) is 11.4. The number of nitrogens with zero attached hydrogens (tertiary/aromatic N) is 3. The van der Waals surface area contributed by atoms with Gasteiger partial charge < -0.3 is 14.6 Å². The number of carboxylic acids is 1. The third kappa shape index (κ3) is 6.23. The van der Waals surface area contributed by atoms with Gasteiger partial charge in [0.25, 0.3) is 0 Å². The van der Waals surface area contributed by atoms with Gasteiger partial charge in [-0.2, -0.15) is 18.3 Å². The van der Waals surface area contributed by atoms with Gasteiger partial charge in [0.1, 0.15) is 5.75 Å². The molecule has 1 atom stereocenters. The van der Waals surface area contributed by atoms with Crippen molar-refractivity contribution in [1.29, 1.82) is 0 Å². The van der Waals surface area contributed by atoms with Crippen LogP contribution in [0.25, 0.3) is 0 Å². The summed E-state index contributed by atoms with van der Waals surface area (Å²) in [5, 5.41) is 11.8. The number of alkyl halides is 3. The summed E-state index contributed by atoms with van der Waals surface area (Å²) >= 11 is 0. The van der Waals surface area contributed by atoms with E-state index in [4.69, 9.17) is 24.5 Å². The number of para-hydroxylation sites is 1. The highest BCUT2D eigenvalue weighted by molar-refractivity contribution is 5.73. The smallest absolute Gasteiger partial charge is 0.490 e. The molecule has 1 fully saturated rings. The molecule has 32 heavy (non-hydrogen) atoms. The van der Waals surface area contributed by atoms with Crippen molar-refractivity contribution in [1.82, 2.24) is 14.7 Å². The van der Waals surface area contributed by atoms with Crippen LogP contribution in [0.1, 0.15) is 35.6 Å². The summed E-state index contributed by atoms with van der Waals surface area (Å²) in [6.07, 6.45) is -0.316. The molecule has 1 saturated carbocycles. The maximum absolute atomic E-state index is 10.6. The summed E-state index contributed by atoms with van der Waals surface area (Å²) < 4.78 is 45.0. The fourth-order valence-electron chi connectivity index (χ4n) is 3.87. The number of hydrogen-bond acceptors (Lipinski definition) is 5. The van der Waals surface area contributed by atoms with Gasteiger partial charge in [0.2, 0.25) is 0 Å². The average molecular weight is 455 g/mol. The first kappa shape index (κ1) is 24.1. The molecular weight excluding hydrogens is 427 g/mol. The van der Waals surface area contributed by atoms with E-state index in [2.05, 4.69) is 27.9 Å². The number of fused-ring (bicyclic) bond motifs is 1. The topological polar surface area (TPSA) is 76.8 Å². The molecule has 0 saturated heterocycles. The second-order valence-corrected chi connectivity index (χ2v) is 8.11. The number of aliphatic carboxylic acids is 1. The molecule has 0 bridgehead atoms. The van der Waals surface area contributed by atoms with Gasteiger partial charge in [0, 0.05) is 50.3 Å². The lowest BCUT2D eigenvalue weighted by molar-refractivity contribution is -0.192. The van der Waals surface area contributed by atoms with Gasteiger partial charge in [0.15, 0.2) is 0 Å². The summed E-state index contributed by atoms with van der Waals surface area (Å²) in [5.74, 6) is -0.582. The van der Waals surface area contributed by atoms with Crippen LogP contribution in [0.15, 0.2) is 30.5 Å². The molecule has 2 aliphatic rings. The first-order chi connectivity index (χ1) is 15.2. The molecule has 1 aliphatic heterocycles. The standard InChI is InChI=1S/C20H27N3O2.C2HF3O2/c1-24-14-17-12-22(11-16-5-3-4-6-20(16)25-2)13-19-18(17)9-21-23(19)10-15-7-8-15;3-2(4,5)1(6)7/h3-6,9,15,17H,7-8,10-14H2,1-2H3;(H,6,7). The zero-order valence-electron chi connectivity index (χ0n) is 18.1. The van der Waals surface area contributed by atoms with E-state index in [1.165, 1.54) is 29.7 Å². The van der Waals surface area contributed by atoms with Crippen LogP contribution in [0.2, 0.25) is 0 Å². The van der Waals surface area contributed by atoms with Gasteiger partial charge in [-0.1, -0.05) is 18.2 Å². The van der Waals surface area contributed by atoms with Crippen LogP contribution in [0.3, 0.4) is 0 Å². The van der Waals surface area contributed by atoms with E-state index < -0.39 is 12.1 Å². The van der Waals surface area contributed by atoms with Crippen molar-refractivity contribution in [3.8, 4) is 5.75 Å². The Morgan fingerprint density at radius 2 is 1.94 bits per heavy atom. The van der Waals surface area contributed by atoms with E-state index in [1.54, 1.807) is 14.2 Å². The number of rotatable bonds is 7. The monoisotopic (exact) mass is 455 g/mol. The minimum absolute atomic E-state index is 0.386. The summed E-state index contributed by atoms with van der Waals surface area (Å²) in [6, 6.07) is 8.29. The molecule has 1 N–H and O–H groups in total. The van der Waals surface area contributed by atoms with Crippen molar-refractivity contribution < 1.29 is 32.5 Å². The molecule has 10 heteroatoms. The third-order valence-corrected chi connectivity index (χ3v) is 5.60. The quantitative estimate of drug-likeness (QED) is 0.687. The summed E-state index contributed by atoms with van der Waals surface area (Å²) in [7, 11) is 3.53. The molecule has 176 valence electrons. The van der Waals surface area contributed by atoms with Crippen LogP contribution in [-0.2, 0) is 29.2 Å². The number of carboxylic acid groups (broad SMARTS) is 1. The summed E-state index contributed by atoms with van der Waals surface area (Å²) in [5.41, 5.74) is 3.98. The SMILES string of the molecule is COCC1CN(Cc2ccccc2OC)Cc2c1cnn2CC1CC1.O=C(O)C(F)(F)F. The summed E-state index contributed by atoms with van der Waals surface area (Å²) in [6.45, 7) is 4.63. The molecule has 0 spiro atoms. The van der Waals surface area contributed by atoms with Crippen LogP contribution < -0.4 is 4.74 Å². The minimum atomic E-state index is -5.08. The highest BCUT2D eigenvalue weighted by atomic mass is 19.4. The van der Waals surface area contributed by atoms with Crippen molar-refractivity contribution in [2.45, 2.75) is 44.6 Å². The maximum atomic E-state index is 10.6. The molecule has 0 radical (unpaired) electrons. The number of aromatic nitrogens is 2. The number of benzene rings is 1. The predicted octanol–water partition coefficient (Wildman–Crippen LogP) is 3.68. The van der Waals surface area contributed by atoms with Crippen LogP contribution >= 0.6 is 0 Å². The van der Waals surface area contributed by atoms with Crippen LogP contribution in [-0.4, -0.2) is 59.3 Å². The Kier molecular flexibility index (Phi) is 7.78. The van der Waals surface area contributed by atoms with Gasteiger partial charge in [0.05, 0.1) is 25.6 Å². The molecule has 1 aromatic heterocycles. The van der Waals surface area contributed by atoms with Gasteiger partial charge in [-0.3, -0.25) is 9.58 Å². The highest BCUT2D eigenvalue weighted by Crippen LogP contribution is 2.34. The van der Waals surface area contributed by atoms with E-state index in [-0.39, 0.29) is 0 Å². The van der Waals surface area contributed by atoms with Crippen molar-refractivity contribution in [2.75, 3.05) is 27.4 Å². The average Bonchev–Trinajstić information content (AvgIpc) is 3.47. The zero-order chi connectivity index (χ0) is 23.3. The fraction of sp³-hybridized carbons (Fsp3) is 0.545. The lowest BCUT2D eigenvalue weighted by atomic mass is 9.95. The number of halogens is 3. The normalized spacial score (nSPS) is 18.5. The Bertz CT molecular complexity index is 912. The van der Waals surface area contributed by atoms with Crippen molar-refractivity contribution >= 4 is 5.97 Å². The van der Waals surface area contributed by atoms with Crippen molar-refractivity contribution in [2.24, 2.45) is 5.92 Å². The molecule has 1 unspecified atom stereocenters. The van der Waals surface area contributed by atoms with Gasteiger partial charge in [-0.15, -0.1) is 0 Å². The predicted molar refractivity (Wildman–Crippen MR) is 110 cm³/mol. The van der Waals surface area contributed by atoms with E-state index >= 15 is 0 Å². The van der Waals surface area contributed by atoms with E-state index in [1.807, 2.05) is 12.1 Å². The largest absolute Gasteiger partial charge is 0.496 e. The second-order valence-electron chi connectivity index (χ2n) is 8.11. The molecule has 1 aromatic carbocycles. The fourth-order valence-corrected chi connectivity index (χ4v) is 3.87. The zero-order valence-corrected chi connectivity index (χ0v) is 18.1. The number of carbonyl (C=O) groups is 1. The highest BCUT2D eigenvalue weighted by Gasteiger charge is 2.38. The number of ether oxygens (including phenoxy) is 2. The Morgan fingerprint density at radius 1 is 1.25 bits per heavy atom. The molecule has 0 amide bonds. The Morgan fingerprint density at radius 3 is 2.53 bits per heavy atom. The molecule has 2 aromatic rings.